The van der Waals surface area contributed by atoms with E-state index in [9.17, 15) is 0 Å². The molecular formula is C51H34N4. The van der Waals surface area contributed by atoms with Crippen LogP contribution in [0.3, 0.4) is 0 Å². The van der Waals surface area contributed by atoms with Crippen LogP contribution in [0.2, 0.25) is 0 Å². The zero-order valence-electron chi connectivity index (χ0n) is 34.5. The van der Waals surface area contributed by atoms with Gasteiger partial charge in [-0.25, -0.2) is 15.0 Å². The molecule has 55 heavy (non-hydrogen) atoms. The summed E-state index contributed by atoms with van der Waals surface area (Å²) >= 11 is 0. The van der Waals surface area contributed by atoms with E-state index in [4.69, 9.17) is 21.8 Å². The van der Waals surface area contributed by atoms with Gasteiger partial charge in [0, 0.05) is 27.5 Å². The largest absolute Gasteiger partial charge is 0.308 e. The van der Waals surface area contributed by atoms with Crippen LogP contribution in [0.4, 0.5) is 0 Å². The Kier molecular flexibility index (Phi) is 6.85. The molecule has 0 unspecified atom stereocenters. The van der Waals surface area contributed by atoms with Gasteiger partial charge in [0.15, 0.2) is 17.5 Å². The Labute approximate surface area is 326 Å². The molecule has 10 rings (SSSR count). The van der Waals surface area contributed by atoms with Crippen LogP contribution in [0.1, 0.15) is 6.85 Å². The van der Waals surface area contributed by atoms with Crippen molar-refractivity contribution in [2.45, 2.75) is 0 Å². The van der Waals surface area contributed by atoms with E-state index in [1.54, 1.807) is 6.07 Å². The van der Waals surface area contributed by atoms with Gasteiger partial charge >= 0.3 is 0 Å². The molecule has 0 bridgehead atoms. The van der Waals surface area contributed by atoms with Gasteiger partial charge in [-0.15, -0.1) is 0 Å². The average Bonchev–Trinajstić information content (AvgIpc) is 3.65. The maximum Gasteiger partial charge on any atom is 0.166 e. The smallest absolute Gasteiger partial charge is 0.166 e. The van der Waals surface area contributed by atoms with E-state index < -0.39 is 18.1 Å². The molecule has 0 aliphatic heterocycles. The molecule has 4 nitrogen and oxygen atoms in total. The second kappa shape index (κ2) is 13.8. The first-order valence-corrected chi connectivity index (χ1v) is 18.1. The zero-order chi connectivity index (χ0) is 40.9. The van der Waals surface area contributed by atoms with Crippen molar-refractivity contribution in [2.24, 2.45) is 0 Å². The quantitative estimate of drug-likeness (QED) is 0.166. The van der Waals surface area contributed by atoms with Crippen LogP contribution < -0.4 is 0 Å². The second-order valence-corrected chi connectivity index (χ2v) is 13.3. The summed E-state index contributed by atoms with van der Waals surface area (Å²) < 4.78 is 45.1. The molecule has 0 fully saturated rings. The summed E-state index contributed by atoms with van der Waals surface area (Å²) in [6, 6.07) is 56.9. The van der Waals surface area contributed by atoms with E-state index in [-0.39, 0.29) is 17.6 Å². The third kappa shape index (κ3) is 6.06. The van der Waals surface area contributed by atoms with Crippen LogP contribution in [0, 0.1) is 0 Å². The summed E-state index contributed by atoms with van der Waals surface area (Å²) in [4.78, 5) is 15.4. The molecule has 0 radical (unpaired) electrons. The van der Waals surface area contributed by atoms with Gasteiger partial charge in [-0.3, -0.25) is 0 Å². The summed E-state index contributed by atoms with van der Waals surface area (Å²) in [6.07, 6.45) is 0. The molecule has 2 aromatic heterocycles. The van der Waals surface area contributed by atoms with Gasteiger partial charge in [0.05, 0.1) is 23.6 Å². The minimum absolute atomic E-state index is 0.114. The molecular weight excluding hydrogens is 669 g/mol. The van der Waals surface area contributed by atoms with E-state index in [2.05, 4.69) is 77.4 Å². The van der Waals surface area contributed by atoms with Gasteiger partial charge in [0.2, 0.25) is 0 Å². The lowest BCUT2D eigenvalue weighted by atomic mass is 10.0. The minimum Gasteiger partial charge on any atom is -0.308 e. The molecule has 0 saturated heterocycles. The van der Waals surface area contributed by atoms with E-state index >= 15 is 0 Å². The first-order chi connectivity index (χ1) is 29.3. The highest BCUT2D eigenvalue weighted by Crippen LogP contribution is 2.38. The van der Waals surface area contributed by atoms with Gasteiger partial charge in [0.1, 0.15) is 0 Å². The van der Waals surface area contributed by atoms with Crippen LogP contribution in [-0.2, 0) is 0 Å². The van der Waals surface area contributed by atoms with Gasteiger partial charge in [-0.05, 0) is 57.6 Å². The number of nitrogens with zero attached hydrogens (tertiary/aromatic N) is 4. The molecule has 2 heterocycles. The summed E-state index contributed by atoms with van der Waals surface area (Å²) in [7, 11) is 0. The third-order valence-corrected chi connectivity index (χ3v) is 9.98. The second-order valence-electron chi connectivity index (χ2n) is 13.3. The number of fused-ring (bicyclic) bond motifs is 3. The van der Waals surface area contributed by atoms with E-state index in [0.29, 0.717) is 34.3 Å². The van der Waals surface area contributed by atoms with Crippen molar-refractivity contribution in [3.63, 3.8) is 0 Å². The normalized spacial score (nSPS) is 12.5. The molecule has 0 aliphatic carbocycles. The molecule has 10 aromatic rings. The number of para-hydroxylation sites is 2. The van der Waals surface area contributed by atoms with Crippen LogP contribution >= 0.6 is 0 Å². The van der Waals surface area contributed by atoms with Crippen LogP contribution in [0.15, 0.2) is 206 Å². The van der Waals surface area contributed by atoms with Crippen molar-refractivity contribution in [3.05, 3.63) is 206 Å². The molecule has 8 aromatic carbocycles. The molecule has 0 atom stereocenters. The van der Waals surface area contributed by atoms with Crippen LogP contribution in [0.5, 0.6) is 0 Å². The van der Waals surface area contributed by atoms with Gasteiger partial charge < -0.3 is 4.57 Å². The Hall–Kier alpha value is -7.43. The molecule has 0 spiro atoms. The monoisotopic (exact) mass is 707 g/mol. The summed E-state index contributed by atoms with van der Waals surface area (Å²) in [5.74, 6) is 1.40. The maximum atomic E-state index is 8.87. The standard InChI is InChI=1S/C51H34N4/c1-4-14-35(15-5-1)38-24-28-40(29-25-38)49-52-50(41-30-26-39(27-31-41)36-16-6-2-7-17-36)54-51(53-49)45-33-32-42(37-18-8-3-9-19-37)34-48(45)55-46-22-12-10-20-43(46)44-21-11-13-23-47(44)55/h1-34H/i3D,8D,9D,18D,19D. The lowest BCUT2D eigenvalue weighted by Gasteiger charge is -2.16. The highest BCUT2D eigenvalue weighted by molar-refractivity contribution is 6.09. The lowest BCUT2D eigenvalue weighted by Crippen LogP contribution is -2.04. The Balaban J connectivity index is 1.23. The number of benzene rings is 8. The van der Waals surface area contributed by atoms with E-state index in [0.717, 1.165) is 55.2 Å². The molecule has 0 aliphatic rings. The highest BCUT2D eigenvalue weighted by atomic mass is 15.1. The zero-order valence-corrected chi connectivity index (χ0v) is 29.5. The molecule has 0 N–H and O–H groups in total. The van der Waals surface area contributed by atoms with Gasteiger partial charge in [-0.2, -0.15) is 0 Å². The van der Waals surface area contributed by atoms with E-state index in [1.807, 2.05) is 97.1 Å². The van der Waals surface area contributed by atoms with Crippen molar-refractivity contribution >= 4 is 21.8 Å². The fraction of sp³-hybridized carbons (Fsp3) is 0. The van der Waals surface area contributed by atoms with Crippen molar-refractivity contribution in [3.8, 4) is 73.2 Å². The molecule has 4 heteroatoms. The van der Waals surface area contributed by atoms with Crippen LogP contribution in [-0.4, -0.2) is 19.5 Å². The SMILES string of the molecule is [2H]c1c([2H])c([2H])c(-c2ccc(-c3nc(-c4ccc(-c5ccccc5)cc4)nc(-c4ccc(-c5ccccc5)cc4)n3)c(-n3c4ccccc4c4ccccc43)c2)c([2H])c1[2H]. The molecule has 258 valence electrons. The lowest BCUT2D eigenvalue weighted by molar-refractivity contribution is 1.06. The van der Waals surface area contributed by atoms with Gasteiger partial charge in [-0.1, -0.05) is 182 Å². The first-order valence-electron chi connectivity index (χ1n) is 20.6. The number of rotatable bonds is 7. The van der Waals surface area contributed by atoms with Gasteiger partial charge in [0.25, 0.3) is 0 Å². The molecule has 0 amide bonds. The first kappa shape index (κ1) is 27.2. The minimum atomic E-state index is -0.438. The Morgan fingerprint density at radius 3 is 1.29 bits per heavy atom. The fourth-order valence-corrected chi connectivity index (χ4v) is 7.28. The average molecular weight is 708 g/mol. The van der Waals surface area contributed by atoms with Crippen molar-refractivity contribution in [2.75, 3.05) is 0 Å². The summed E-state index contributed by atoms with van der Waals surface area (Å²) in [5.41, 5.74) is 9.78. The predicted octanol–water partition coefficient (Wildman–Crippen LogP) is 13.0. The van der Waals surface area contributed by atoms with E-state index in [1.165, 1.54) is 0 Å². The highest BCUT2D eigenvalue weighted by Gasteiger charge is 2.20. The molecule has 0 saturated carbocycles. The maximum absolute atomic E-state index is 8.87. The number of aromatic nitrogens is 4. The van der Waals surface area contributed by atoms with Crippen LogP contribution in [0.25, 0.3) is 95.0 Å². The third-order valence-electron chi connectivity index (χ3n) is 9.98. The Bertz CT molecular complexity index is 3060. The Morgan fingerprint density at radius 2 is 0.764 bits per heavy atom. The van der Waals surface area contributed by atoms with Crippen molar-refractivity contribution < 1.29 is 6.85 Å². The van der Waals surface area contributed by atoms with Crippen molar-refractivity contribution in [1.29, 1.82) is 0 Å². The predicted molar refractivity (Wildman–Crippen MR) is 227 cm³/mol. The van der Waals surface area contributed by atoms with Crippen molar-refractivity contribution in [1.82, 2.24) is 19.5 Å². The Morgan fingerprint density at radius 1 is 0.345 bits per heavy atom. The summed E-state index contributed by atoms with van der Waals surface area (Å²) in [5, 5.41) is 2.09. The number of hydrogen-bond acceptors (Lipinski definition) is 3. The fourth-order valence-electron chi connectivity index (χ4n) is 7.28. The number of hydrogen-bond donors (Lipinski definition) is 0. The topological polar surface area (TPSA) is 43.6 Å². The summed E-state index contributed by atoms with van der Waals surface area (Å²) in [6.45, 7) is 0.